The van der Waals surface area contributed by atoms with Crippen molar-refractivity contribution in [2.24, 2.45) is 0 Å². The van der Waals surface area contributed by atoms with Gasteiger partial charge in [0.05, 0.1) is 17.0 Å². The van der Waals surface area contributed by atoms with Crippen molar-refractivity contribution in [2.45, 2.75) is 0 Å². The first-order valence-corrected chi connectivity index (χ1v) is 9.88. The van der Waals surface area contributed by atoms with Gasteiger partial charge in [0, 0.05) is 37.4 Å². The topological polar surface area (TPSA) is 93.5 Å². The second-order valence-electron chi connectivity index (χ2n) is 5.43. The lowest BCUT2D eigenvalue weighted by molar-refractivity contribution is -0.112. The summed E-state index contributed by atoms with van der Waals surface area (Å²) in [6.45, 7) is 1.39. The molecule has 1 saturated heterocycles. The predicted octanol–water partition coefficient (Wildman–Crippen LogP) is 1.92. The van der Waals surface area contributed by atoms with Crippen LogP contribution in [0.5, 0.6) is 0 Å². The van der Waals surface area contributed by atoms with E-state index in [1.807, 2.05) is 6.07 Å². The molecule has 0 bridgehead atoms. The molecule has 0 unspecified atom stereocenters. The molecular formula is C15H16Cl2N4O3S. The van der Waals surface area contributed by atoms with Gasteiger partial charge in [0.1, 0.15) is 11.6 Å². The van der Waals surface area contributed by atoms with Crippen LogP contribution in [0.1, 0.15) is 0 Å². The predicted molar refractivity (Wildman–Crippen MR) is 96.8 cm³/mol. The van der Waals surface area contributed by atoms with Crippen LogP contribution in [0.15, 0.2) is 30.0 Å². The Hall–Kier alpha value is -1.79. The van der Waals surface area contributed by atoms with E-state index in [9.17, 15) is 18.5 Å². The number of nitrogens with zero attached hydrogens (tertiary/aromatic N) is 3. The number of piperazine rings is 1. The van der Waals surface area contributed by atoms with Gasteiger partial charge in [-0.15, -0.1) is 0 Å². The van der Waals surface area contributed by atoms with E-state index in [-0.39, 0.29) is 5.57 Å². The van der Waals surface area contributed by atoms with Crippen molar-refractivity contribution in [2.75, 3.05) is 37.8 Å². The molecule has 1 amide bonds. The largest absolute Gasteiger partial charge is 0.373 e. The Kier molecular flexibility index (Phi) is 6.30. The van der Waals surface area contributed by atoms with Gasteiger partial charge in [-0.1, -0.05) is 23.2 Å². The minimum absolute atomic E-state index is 0.108. The molecule has 7 nitrogen and oxygen atoms in total. The van der Waals surface area contributed by atoms with Gasteiger partial charge >= 0.3 is 0 Å². The summed E-state index contributed by atoms with van der Waals surface area (Å²) in [5.41, 5.74) is 0.200. The first kappa shape index (κ1) is 19.5. The van der Waals surface area contributed by atoms with Crippen LogP contribution < -0.4 is 5.32 Å². The van der Waals surface area contributed by atoms with E-state index in [2.05, 4.69) is 5.32 Å². The fourth-order valence-corrected chi connectivity index (χ4v) is 3.43. The number of anilines is 1. The molecule has 1 aliphatic rings. The van der Waals surface area contributed by atoms with Crippen LogP contribution in [-0.4, -0.2) is 56.0 Å². The summed E-state index contributed by atoms with van der Waals surface area (Å²) < 4.78 is 24.3. The van der Waals surface area contributed by atoms with Crippen LogP contribution in [0.2, 0.25) is 10.0 Å². The smallest absolute Gasteiger partial charge is 0.267 e. The minimum Gasteiger partial charge on any atom is -0.373 e. The van der Waals surface area contributed by atoms with Crippen molar-refractivity contribution in [1.29, 1.82) is 5.26 Å². The van der Waals surface area contributed by atoms with Crippen LogP contribution in [0.25, 0.3) is 0 Å². The summed E-state index contributed by atoms with van der Waals surface area (Å²) in [5.74, 6) is -0.614. The molecule has 1 heterocycles. The molecule has 0 radical (unpaired) electrons. The third-order valence-corrected chi connectivity index (χ3v) is 5.46. The van der Waals surface area contributed by atoms with Gasteiger partial charge in [-0.2, -0.15) is 9.57 Å². The highest BCUT2D eigenvalue weighted by molar-refractivity contribution is 7.88. The third kappa shape index (κ3) is 5.34. The summed E-state index contributed by atoms with van der Waals surface area (Å²) in [4.78, 5) is 14.0. The van der Waals surface area contributed by atoms with E-state index in [4.69, 9.17) is 23.2 Å². The van der Waals surface area contributed by atoms with Crippen LogP contribution in [-0.2, 0) is 14.8 Å². The molecule has 0 aliphatic carbocycles. The van der Waals surface area contributed by atoms with Gasteiger partial charge in [0.2, 0.25) is 10.0 Å². The van der Waals surface area contributed by atoms with Gasteiger partial charge in [-0.3, -0.25) is 4.79 Å². The number of nitriles is 1. The summed E-state index contributed by atoms with van der Waals surface area (Å²) in [5, 5.41) is 12.5. The van der Waals surface area contributed by atoms with Crippen molar-refractivity contribution < 1.29 is 13.2 Å². The maximum Gasteiger partial charge on any atom is 0.267 e. The minimum atomic E-state index is -3.23. The van der Waals surface area contributed by atoms with Crippen LogP contribution in [0, 0.1) is 11.3 Å². The molecule has 1 aromatic rings. The highest BCUT2D eigenvalue weighted by atomic mass is 35.5. The fraction of sp³-hybridized carbons (Fsp3) is 0.333. The number of amides is 1. The molecule has 134 valence electrons. The number of halogens is 2. The lowest BCUT2D eigenvalue weighted by atomic mass is 10.2. The highest BCUT2D eigenvalue weighted by Gasteiger charge is 2.23. The summed E-state index contributed by atoms with van der Waals surface area (Å²) >= 11 is 11.9. The first-order valence-electron chi connectivity index (χ1n) is 7.28. The number of rotatable bonds is 4. The molecule has 0 spiro atoms. The number of benzene rings is 1. The van der Waals surface area contributed by atoms with E-state index < -0.39 is 15.9 Å². The Balaban J connectivity index is 2.07. The average Bonchev–Trinajstić information content (AvgIpc) is 2.55. The fourth-order valence-electron chi connectivity index (χ4n) is 2.27. The standard InChI is InChI=1S/C15H16Cl2N4O3S/c1-25(23,24)21-6-4-20(5-7-21)10-11(9-18)15(22)19-14-8-12(16)2-3-13(14)17/h2-3,8,10H,4-7H2,1H3,(H,19,22)/b11-10-. The van der Waals surface area contributed by atoms with Crippen molar-refractivity contribution in [3.8, 4) is 6.07 Å². The average molecular weight is 403 g/mol. The van der Waals surface area contributed by atoms with E-state index in [0.29, 0.717) is 41.9 Å². The van der Waals surface area contributed by atoms with Gasteiger partial charge in [-0.25, -0.2) is 8.42 Å². The second kappa shape index (κ2) is 8.06. The molecular weight excluding hydrogens is 387 g/mol. The number of carbonyl (C=O) groups excluding carboxylic acids is 1. The van der Waals surface area contributed by atoms with Crippen LogP contribution >= 0.6 is 23.2 Å². The van der Waals surface area contributed by atoms with Crippen LogP contribution in [0.3, 0.4) is 0 Å². The molecule has 1 fully saturated rings. The molecule has 2 rings (SSSR count). The van der Waals surface area contributed by atoms with E-state index >= 15 is 0 Å². The molecule has 25 heavy (non-hydrogen) atoms. The maximum atomic E-state index is 12.3. The van der Waals surface area contributed by atoms with Crippen molar-refractivity contribution >= 4 is 44.8 Å². The number of carbonyl (C=O) groups is 1. The third-order valence-electron chi connectivity index (χ3n) is 3.60. The van der Waals surface area contributed by atoms with Crippen LogP contribution in [0.4, 0.5) is 5.69 Å². The number of hydrogen-bond donors (Lipinski definition) is 1. The Morgan fingerprint density at radius 2 is 1.92 bits per heavy atom. The van der Waals surface area contributed by atoms with E-state index in [1.54, 1.807) is 17.0 Å². The van der Waals surface area contributed by atoms with E-state index in [0.717, 1.165) is 6.26 Å². The zero-order valence-electron chi connectivity index (χ0n) is 13.4. The normalized spacial score (nSPS) is 16.4. The van der Waals surface area contributed by atoms with Gasteiger partial charge in [0.25, 0.3) is 5.91 Å². The monoisotopic (exact) mass is 402 g/mol. The van der Waals surface area contributed by atoms with Gasteiger partial charge in [-0.05, 0) is 18.2 Å². The molecule has 1 aliphatic heterocycles. The highest BCUT2D eigenvalue weighted by Crippen LogP contribution is 2.25. The molecule has 1 N–H and O–H groups in total. The summed E-state index contributed by atoms with van der Waals surface area (Å²) in [6, 6.07) is 6.46. The summed E-state index contributed by atoms with van der Waals surface area (Å²) in [6.07, 6.45) is 2.58. The second-order valence-corrected chi connectivity index (χ2v) is 8.26. The van der Waals surface area contributed by atoms with Gasteiger partial charge < -0.3 is 10.2 Å². The first-order chi connectivity index (χ1) is 11.7. The molecule has 0 aromatic heterocycles. The Morgan fingerprint density at radius 3 is 2.48 bits per heavy atom. The lowest BCUT2D eigenvalue weighted by Gasteiger charge is -2.32. The molecule has 10 heteroatoms. The summed E-state index contributed by atoms with van der Waals surface area (Å²) in [7, 11) is -3.23. The quantitative estimate of drug-likeness (QED) is 0.613. The molecule has 1 aromatic carbocycles. The zero-order valence-corrected chi connectivity index (χ0v) is 15.7. The van der Waals surface area contributed by atoms with Crippen molar-refractivity contribution in [1.82, 2.24) is 9.21 Å². The SMILES string of the molecule is CS(=O)(=O)N1CCN(/C=C(/C#N)C(=O)Nc2cc(Cl)ccc2Cl)CC1. The molecule has 0 saturated carbocycles. The van der Waals surface area contributed by atoms with E-state index in [1.165, 1.54) is 16.6 Å². The Labute approximate surface area is 156 Å². The number of nitrogens with one attached hydrogen (secondary N) is 1. The van der Waals surface area contributed by atoms with Gasteiger partial charge in [0.15, 0.2) is 0 Å². The number of hydrogen-bond acceptors (Lipinski definition) is 5. The molecule has 0 atom stereocenters. The lowest BCUT2D eigenvalue weighted by Crippen LogP contribution is -2.46. The Bertz CT molecular complexity index is 841. The van der Waals surface area contributed by atoms with Crippen molar-refractivity contribution in [3.05, 3.63) is 40.0 Å². The van der Waals surface area contributed by atoms with Crippen molar-refractivity contribution in [3.63, 3.8) is 0 Å². The maximum absolute atomic E-state index is 12.3. The zero-order chi connectivity index (χ0) is 18.6. The number of sulfonamides is 1. The Morgan fingerprint density at radius 1 is 1.28 bits per heavy atom.